The number of hydrogen-bond donors (Lipinski definition) is 2. The van der Waals surface area contributed by atoms with E-state index >= 15 is 0 Å². The Balaban J connectivity index is 2.27. The number of aryl methyl sites for hydroxylation is 1. The van der Waals surface area contributed by atoms with Gasteiger partial charge < -0.3 is 5.32 Å². The molecule has 2 aromatic rings. The number of amides is 1. The molecule has 7 heteroatoms. The Labute approximate surface area is 134 Å². The Morgan fingerprint density at radius 2 is 1.87 bits per heavy atom. The Bertz CT molecular complexity index is 864. The van der Waals surface area contributed by atoms with E-state index in [9.17, 15) is 17.6 Å². The number of primary sulfonamides is 1. The van der Waals surface area contributed by atoms with Gasteiger partial charge in [0, 0.05) is 17.7 Å². The molecular formula is C16H17FN2O3S. The van der Waals surface area contributed by atoms with Crippen LogP contribution < -0.4 is 10.5 Å². The maximum Gasteiger partial charge on any atom is 0.251 e. The fourth-order valence-electron chi connectivity index (χ4n) is 2.17. The summed E-state index contributed by atoms with van der Waals surface area (Å²) in [5.41, 5.74) is 1.63. The van der Waals surface area contributed by atoms with E-state index in [1.54, 1.807) is 38.1 Å². The molecule has 0 saturated heterocycles. The molecule has 0 saturated carbocycles. The molecule has 0 atom stereocenters. The van der Waals surface area contributed by atoms with Gasteiger partial charge >= 0.3 is 0 Å². The highest BCUT2D eigenvalue weighted by Gasteiger charge is 2.17. The van der Waals surface area contributed by atoms with Crippen LogP contribution in [-0.2, 0) is 16.6 Å². The molecule has 0 unspecified atom stereocenters. The number of halogens is 1. The minimum atomic E-state index is -3.93. The third-order valence-corrected chi connectivity index (χ3v) is 4.62. The van der Waals surface area contributed by atoms with Crippen LogP contribution in [0, 0.1) is 19.7 Å². The topological polar surface area (TPSA) is 89.3 Å². The average Bonchev–Trinajstić information content (AvgIpc) is 2.47. The maximum atomic E-state index is 13.5. The lowest BCUT2D eigenvalue weighted by molar-refractivity contribution is 0.0950. The average molecular weight is 336 g/mol. The second-order valence-electron chi connectivity index (χ2n) is 5.24. The van der Waals surface area contributed by atoms with Crippen molar-refractivity contribution < 1.29 is 17.6 Å². The summed E-state index contributed by atoms with van der Waals surface area (Å²) in [6.07, 6.45) is 0. The van der Waals surface area contributed by atoms with Crippen molar-refractivity contribution in [2.24, 2.45) is 5.14 Å². The number of hydrogen-bond acceptors (Lipinski definition) is 3. The summed E-state index contributed by atoms with van der Waals surface area (Å²) in [4.78, 5) is 12.1. The van der Waals surface area contributed by atoms with Crippen LogP contribution in [0.4, 0.5) is 4.39 Å². The molecule has 23 heavy (non-hydrogen) atoms. The van der Waals surface area contributed by atoms with E-state index in [0.717, 1.165) is 0 Å². The van der Waals surface area contributed by atoms with Gasteiger partial charge in [0.2, 0.25) is 10.0 Å². The first-order valence-electron chi connectivity index (χ1n) is 6.86. The minimum Gasteiger partial charge on any atom is -0.348 e. The summed E-state index contributed by atoms with van der Waals surface area (Å²) < 4.78 is 36.7. The number of nitrogens with one attached hydrogen (secondary N) is 1. The van der Waals surface area contributed by atoms with E-state index in [1.165, 1.54) is 12.1 Å². The van der Waals surface area contributed by atoms with Crippen LogP contribution in [0.15, 0.2) is 41.3 Å². The van der Waals surface area contributed by atoms with Crippen molar-refractivity contribution in [2.75, 3.05) is 0 Å². The highest BCUT2D eigenvalue weighted by atomic mass is 32.2. The Morgan fingerprint density at radius 3 is 2.48 bits per heavy atom. The molecule has 0 aliphatic rings. The van der Waals surface area contributed by atoms with Crippen LogP contribution in [0.5, 0.6) is 0 Å². The molecule has 2 aromatic carbocycles. The summed E-state index contributed by atoms with van der Waals surface area (Å²) >= 11 is 0. The second-order valence-corrected chi connectivity index (χ2v) is 6.77. The number of carbonyl (C=O) groups excluding carboxylic acids is 1. The summed E-state index contributed by atoms with van der Waals surface area (Å²) in [6, 6.07) is 8.89. The predicted molar refractivity (Wildman–Crippen MR) is 84.9 cm³/mol. The first kappa shape index (κ1) is 17.1. The van der Waals surface area contributed by atoms with Gasteiger partial charge in [-0.2, -0.15) is 0 Å². The molecule has 5 nitrogen and oxygen atoms in total. The molecule has 0 aliphatic heterocycles. The minimum absolute atomic E-state index is 0.00311. The largest absolute Gasteiger partial charge is 0.348 e. The van der Waals surface area contributed by atoms with E-state index in [1.807, 2.05) is 0 Å². The van der Waals surface area contributed by atoms with Crippen molar-refractivity contribution >= 4 is 15.9 Å². The van der Waals surface area contributed by atoms with Gasteiger partial charge in [-0.25, -0.2) is 17.9 Å². The Morgan fingerprint density at radius 1 is 1.22 bits per heavy atom. The SMILES string of the molecule is Cc1cc(C(=O)NCc2ccccc2F)cc(S(N)(=O)=O)c1C. The predicted octanol–water partition coefficient (Wildman–Crippen LogP) is 2.02. The number of sulfonamides is 1. The highest BCUT2D eigenvalue weighted by molar-refractivity contribution is 7.89. The molecule has 0 radical (unpaired) electrons. The zero-order valence-electron chi connectivity index (χ0n) is 12.8. The van der Waals surface area contributed by atoms with Crippen LogP contribution in [0.1, 0.15) is 27.0 Å². The number of nitrogens with two attached hydrogens (primary N) is 1. The standard InChI is InChI=1S/C16H17FN2O3S/c1-10-7-13(8-15(11(10)2)23(18,21)22)16(20)19-9-12-5-3-4-6-14(12)17/h3-8H,9H2,1-2H3,(H,19,20)(H2,18,21,22). The van der Waals surface area contributed by atoms with Crippen LogP contribution in [0.25, 0.3) is 0 Å². The van der Waals surface area contributed by atoms with Gasteiger partial charge in [-0.05, 0) is 43.2 Å². The van der Waals surface area contributed by atoms with Crippen molar-refractivity contribution in [3.8, 4) is 0 Å². The lowest BCUT2D eigenvalue weighted by atomic mass is 10.1. The van der Waals surface area contributed by atoms with Gasteiger partial charge in [-0.15, -0.1) is 0 Å². The number of rotatable bonds is 4. The van der Waals surface area contributed by atoms with Gasteiger partial charge in [-0.3, -0.25) is 4.79 Å². The molecule has 0 spiro atoms. The first-order chi connectivity index (χ1) is 10.7. The van der Waals surface area contributed by atoms with Gasteiger partial charge in [0.05, 0.1) is 4.90 Å². The zero-order chi connectivity index (χ0) is 17.2. The molecule has 1 amide bonds. The third-order valence-electron chi connectivity index (χ3n) is 3.59. The van der Waals surface area contributed by atoms with Gasteiger partial charge in [0.15, 0.2) is 0 Å². The fraction of sp³-hybridized carbons (Fsp3) is 0.188. The van der Waals surface area contributed by atoms with Crippen LogP contribution in [0.2, 0.25) is 0 Å². The third kappa shape index (κ3) is 3.94. The normalized spacial score (nSPS) is 11.3. The number of carbonyl (C=O) groups is 1. The summed E-state index contributed by atoms with van der Waals surface area (Å²) in [5.74, 6) is -0.917. The second kappa shape index (κ2) is 6.47. The quantitative estimate of drug-likeness (QED) is 0.895. The summed E-state index contributed by atoms with van der Waals surface area (Å²) in [6.45, 7) is 3.32. The first-order valence-corrected chi connectivity index (χ1v) is 8.40. The van der Waals surface area contributed by atoms with Gasteiger partial charge in [0.25, 0.3) is 5.91 Å². The smallest absolute Gasteiger partial charge is 0.251 e. The highest BCUT2D eigenvalue weighted by Crippen LogP contribution is 2.20. The molecule has 0 aromatic heterocycles. The van der Waals surface area contributed by atoms with E-state index in [-0.39, 0.29) is 17.0 Å². The molecule has 0 bridgehead atoms. The van der Waals surface area contributed by atoms with Gasteiger partial charge in [-0.1, -0.05) is 18.2 Å². The molecule has 0 fully saturated rings. The van der Waals surface area contributed by atoms with Gasteiger partial charge in [0.1, 0.15) is 5.82 Å². The van der Waals surface area contributed by atoms with Crippen molar-refractivity contribution in [3.05, 3.63) is 64.5 Å². The van der Waals surface area contributed by atoms with Crippen molar-refractivity contribution in [1.82, 2.24) is 5.32 Å². The molecule has 2 rings (SSSR count). The Hall–Kier alpha value is -2.25. The fourth-order valence-corrected chi connectivity index (χ4v) is 3.05. The molecule has 0 aliphatic carbocycles. The molecule has 122 valence electrons. The maximum absolute atomic E-state index is 13.5. The Kier molecular flexibility index (Phi) is 4.82. The molecule has 0 heterocycles. The molecular weight excluding hydrogens is 319 g/mol. The van der Waals surface area contributed by atoms with E-state index in [0.29, 0.717) is 16.7 Å². The number of benzene rings is 2. The zero-order valence-corrected chi connectivity index (χ0v) is 13.6. The van der Waals surface area contributed by atoms with Crippen LogP contribution in [-0.4, -0.2) is 14.3 Å². The van der Waals surface area contributed by atoms with Crippen molar-refractivity contribution in [3.63, 3.8) is 0 Å². The molecule has 3 N–H and O–H groups in total. The van der Waals surface area contributed by atoms with Crippen LogP contribution >= 0.6 is 0 Å². The summed E-state index contributed by atoms with van der Waals surface area (Å²) in [7, 11) is -3.93. The monoisotopic (exact) mass is 336 g/mol. The summed E-state index contributed by atoms with van der Waals surface area (Å²) in [5, 5.41) is 7.74. The lowest BCUT2D eigenvalue weighted by Crippen LogP contribution is -2.24. The van der Waals surface area contributed by atoms with Crippen LogP contribution in [0.3, 0.4) is 0 Å². The van der Waals surface area contributed by atoms with E-state index in [4.69, 9.17) is 5.14 Å². The lowest BCUT2D eigenvalue weighted by Gasteiger charge is -2.11. The van der Waals surface area contributed by atoms with E-state index in [2.05, 4.69) is 5.32 Å². The van der Waals surface area contributed by atoms with E-state index < -0.39 is 21.7 Å². The van der Waals surface area contributed by atoms with Crippen molar-refractivity contribution in [1.29, 1.82) is 0 Å². The van der Waals surface area contributed by atoms with Crippen molar-refractivity contribution in [2.45, 2.75) is 25.3 Å².